The maximum Gasteiger partial charge on any atom is 0.255 e. The van der Waals surface area contributed by atoms with Gasteiger partial charge in [0, 0.05) is 41.5 Å². The molecular formula is C36H32N4O3. The molecule has 0 fully saturated rings. The van der Waals surface area contributed by atoms with Gasteiger partial charge in [0.25, 0.3) is 5.91 Å². The molecular weight excluding hydrogens is 536 g/mol. The van der Waals surface area contributed by atoms with Gasteiger partial charge in [-0.15, -0.1) is 0 Å². The Morgan fingerprint density at radius 3 is 2.30 bits per heavy atom. The molecule has 2 aliphatic rings. The van der Waals surface area contributed by atoms with Gasteiger partial charge in [0.1, 0.15) is 12.1 Å². The van der Waals surface area contributed by atoms with Gasteiger partial charge in [0.15, 0.2) is 0 Å². The van der Waals surface area contributed by atoms with Gasteiger partial charge in [-0.3, -0.25) is 14.4 Å². The largest absolute Gasteiger partial charge is 0.356 e. The van der Waals surface area contributed by atoms with Crippen molar-refractivity contribution in [2.75, 3.05) is 6.54 Å². The predicted molar refractivity (Wildman–Crippen MR) is 165 cm³/mol. The molecule has 7 rings (SSSR count). The number of aromatic amines is 1. The third kappa shape index (κ3) is 4.97. The topological polar surface area (TPSA) is 94.3 Å². The van der Waals surface area contributed by atoms with Crippen molar-refractivity contribution in [1.82, 2.24) is 20.5 Å². The Bertz CT molecular complexity index is 1810. The quantitative estimate of drug-likeness (QED) is 0.253. The van der Waals surface area contributed by atoms with E-state index >= 15 is 0 Å². The van der Waals surface area contributed by atoms with Crippen LogP contribution in [0.25, 0.3) is 10.9 Å². The fourth-order valence-corrected chi connectivity index (χ4v) is 6.56. The summed E-state index contributed by atoms with van der Waals surface area (Å²) >= 11 is 0. The van der Waals surface area contributed by atoms with E-state index in [1.165, 1.54) is 0 Å². The summed E-state index contributed by atoms with van der Waals surface area (Å²) in [5, 5.41) is 7.13. The summed E-state index contributed by atoms with van der Waals surface area (Å²) < 4.78 is 0. The lowest BCUT2D eigenvalue weighted by Gasteiger charge is -2.37. The number of H-pyrrole nitrogens is 1. The highest BCUT2D eigenvalue weighted by Crippen LogP contribution is 2.46. The Morgan fingerprint density at radius 1 is 0.837 bits per heavy atom. The second-order valence-electron chi connectivity index (χ2n) is 11.3. The summed E-state index contributed by atoms with van der Waals surface area (Å²) in [7, 11) is 0. The van der Waals surface area contributed by atoms with Crippen molar-refractivity contribution in [3.63, 3.8) is 0 Å². The third-order valence-electron chi connectivity index (χ3n) is 8.63. The van der Waals surface area contributed by atoms with Crippen LogP contribution in [0.5, 0.6) is 0 Å². The van der Waals surface area contributed by atoms with E-state index in [9.17, 15) is 14.4 Å². The van der Waals surface area contributed by atoms with Crippen LogP contribution >= 0.6 is 0 Å². The Kier molecular flexibility index (Phi) is 6.99. The number of carbonyl (C=O) groups is 3. The van der Waals surface area contributed by atoms with E-state index in [2.05, 4.69) is 21.7 Å². The van der Waals surface area contributed by atoms with E-state index in [0.717, 1.165) is 38.9 Å². The Hall–Kier alpha value is -5.17. The Balaban J connectivity index is 1.18. The minimum absolute atomic E-state index is 0.169. The molecule has 3 atom stereocenters. The van der Waals surface area contributed by atoms with Crippen molar-refractivity contribution >= 4 is 28.6 Å². The van der Waals surface area contributed by atoms with Gasteiger partial charge in [-0.1, -0.05) is 97.1 Å². The van der Waals surface area contributed by atoms with E-state index in [1.807, 2.05) is 103 Å². The van der Waals surface area contributed by atoms with Gasteiger partial charge >= 0.3 is 0 Å². The second-order valence-corrected chi connectivity index (χ2v) is 11.3. The van der Waals surface area contributed by atoms with Crippen LogP contribution in [0.4, 0.5) is 0 Å². The third-order valence-corrected chi connectivity index (χ3v) is 8.63. The number of fused-ring (bicyclic) bond motifs is 7. The molecule has 0 radical (unpaired) electrons. The molecule has 3 N–H and O–H groups in total. The number of carbonyl (C=O) groups excluding carboxylic acids is 3. The molecule has 0 saturated heterocycles. The lowest BCUT2D eigenvalue weighted by molar-refractivity contribution is -0.132. The maximum absolute atomic E-state index is 14.2. The first-order chi connectivity index (χ1) is 21.1. The van der Waals surface area contributed by atoms with Gasteiger partial charge in [-0.25, -0.2) is 0 Å². The summed E-state index contributed by atoms with van der Waals surface area (Å²) in [6.07, 6.45) is 1.38. The molecule has 0 aliphatic carbocycles. The summed E-state index contributed by atoms with van der Waals surface area (Å²) in [5.74, 6) is -0.748. The van der Waals surface area contributed by atoms with Gasteiger partial charge in [0.2, 0.25) is 11.8 Å². The molecule has 43 heavy (non-hydrogen) atoms. The first-order valence-corrected chi connectivity index (χ1v) is 14.8. The smallest absolute Gasteiger partial charge is 0.255 e. The molecule has 2 aliphatic heterocycles. The minimum Gasteiger partial charge on any atom is -0.356 e. The number of nitrogens with one attached hydrogen (secondary N) is 3. The zero-order chi connectivity index (χ0) is 29.3. The minimum atomic E-state index is -0.798. The van der Waals surface area contributed by atoms with Crippen molar-refractivity contribution in [2.24, 2.45) is 0 Å². The fourth-order valence-electron chi connectivity index (χ4n) is 6.56. The SMILES string of the molecule is O=C(NCCc1ccccc1)C(Cc1ccccc1)NC(=O)C1Cc2c([nH]c3ccccc23)C2c3ccccc3C(=O)N12. The maximum atomic E-state index is 14.2. The van der Waals surface area contributed by atoms with Crippen molar-refractivity contribution in [1.29, 1.82) is 0 Å². The Labute approximate surface area is 249 Å². The molecule has 3 unspecified atom stereocenters. The van der Waals surface area contributed by atoms with Gasteiger partial charge in [-0.05, 0) is 40.8 Å². The van der Waals surface area contributed by atoms with E-state index < -0.39 is 18.1 Å². The average Bonchev–Trinajstić information content (AvgIpc) is 3.56. The zero-order valence-corrected chi connectivity index (χ0v) is 23.6. The number of para-hydroxylation sites is 1. The van der Waals surface area contributed by atoms with Crippen LogP contribution in [-0.4, -0.2) is 46.2 Å². The molecule has 5 aromatic rings. The normalized spacial score (nSPS) is 17.6. The molecule has 1 aromatic heterocycles. The summed E-state index contributed by atoms with van der Waals surface area (Å²) in [5.41, 5.74) is 6.52. The van der Waals surface area contributed by atoms with Crippen LogP contribution in [0.1, 0.15) is 44.3 Å². The van der Waals surface area contributed by atoms with Gasteiger partial charge in [-0.2, -0.15) is 0 Å². The van der Waals surface area contributed by atoms with Crippen LogP contribution in [-0.2, 0) is 28.9 Å². The highest BCUT2D eigenvalue weighted by Gasteiger charge is 2.49. The predicted octanol–water partition coefficient (Wildman–Crippen LogP) is 4.72. The highest BCUT2D eigenvalue weighted by molar-refractivity contribution is 6.04. The molecule has 0 saturated carbocycles. The van der Waals surface area contributed by atoms with Gasteiger partial charge < -0.3 is 20.5 Å². The van der Waals surface area contributed by atoms with Crippen molar-refractivity contribution in [2.45, 2.75) is 37.4 Å². The van der Waals surface area contributed by atoms with Crippen LogP contribution in [0, 0.1) is 0 Å². The molecule has 4 aromatic carbocycles. The molecule has 3 heterocycles. The molecule has 0 bridgehead atoms. The second kappa shape index (κ2) is 11.2. The number of amides is 3. The van der Waals surface area contributed by atoms with Crippen LogP contribution in [0.3, 0.4) is 0 Å². The lowest BCUT2D eigenvalue weighted by Crippen LogP contribution is -2.57. The van der Waals surface area contributed by atoms with E-state index in [0.29, 0.717) is 31.4 Å². The van der Waals surface area contributed by atoms with Crippen LogP contribution in [0.2, 0.25) is 0 Å². The first kappa shape index (κ1) is 26.7. The monoisotopic (exact) mass is 568 g/mol. The van der Waals surface area contributed by atoms with Crippen molar-refractivity contribution in [3.8, 4) is 0 Å². The van der Waals surface area contributed by atoms with E-state index in [-0.39, 0.29) is 17.7 Å². The van der Waals surface area contributed by atoms with E-state index in [4.69, 9.17) is 0 Å². The Morgan fingerprint density at radius 2 is 1.51 bits per heavy atom. The van der Waals surface area contributed by atoms with Crippen LogP contribution in [0.15, 0.2) is 109 Å². The standard InChI is InChI=1S/C36H32N4O3/c41-34(37-20-19-23-11-3-1-4-12-23)30(21-24-13-5-2-6-14-24)39-35(42)31-22-28-25-15-9-10-18-29(25)38-32(28)33-26-16-7-8-17-27(26)36(43)40(31)33/h1-18,30-31,33,38H,19-22H2,(H,37,41)(H,39,42). The molecule has 7 nitrogen and oxygen atoms in total. The average molecular weight is 569 g/mol. The summed E-state index contributed by atoms with van der Waals surface area (Å²) in [4.78, 5) is 46.8. The summed E-state index contributed by atoms with van der Waals surface area (Å²) in [6.45, 7) is 0.453. The molecule has 0 spiro atoms. The molecule has 7 heteroatoms. The number of hydrogen-bond acceptors (Lipinski definition) is 3. The number of rotatable bonds is 8. The highest BCUT2D eigenvalue weighted by atomic mass is 16.2. The number of nitrogens with zero attached hydrogens (tertiary/aromatic N) is 1. The van der Waals surface area contributed by atoms with Crippen LogP contribution < -0.4 is 10.6 Å². The number of hydrogen-bond donors (Lipinski definition) is 3. The first-order valence-electron chi connectivity index (χ1n) is 14.8. The fraction of sp³-hybridized carbons (Fsp3) is 0.194. The zero-order valence-electron chi connectivity index (χ0n) is 23.6. The lowest BCUT2D eigenvalue weighted by atomic mass is 9.89. The molecule has 3 amide bonds. The molecule has 214 valence electrons. The summed E-state index contributed by atoms with van der Waals surface area (Å²) in [6, 6.07) is 33.3. The van der Waals surface area contributed by atoms with E-state index in [1.54, 1.807) is 4.90 Å². The number of benzene rings is 4. The van der Waals surface area contributed by atoms with Crippen molar-refractivity contribution < 1.29 is 14.4 Å². The number of aromatic nitrogens is 1. The van der Waals surface area contributed by atoms with Gasteiger partial charge in [0.05, 0.1) is 6.04 Å². The van der Waals surface area contributed by atoms with Crippen molar-refractivity contribution in [3.05, 3.63) is 143 Å².